The smallest absolute Gasteiger partial charge is 0.224 e. The predicted octanol–water partition coefficient (Wildman–Crippen LogP) is 5.46. The van der Waals surface area contributed by atoms with Crippen molar-refractivity contribution in [1.82, 2.24) is 14.9 Å². The number of aryl methyl sites for hydroxylation is 1. The van der Waals surface area contributed by atoms with E-state index in [1.165, 1.54) is 0 Å². The Kier molecular flexibility index (Phi) is 8.63. The minimum atomic E-state index is -0.0343. The second kappa shape index (κ2) is 12.3. The van der Waals surface area contributed by atoms with Crippen LogP contribution >= 0.6 is 11.6 Å². The van der Waals surface area contributed by atoms with Crippen LogP contribution in [0.5, 0.6) is 11.5 Å². The first-order chi connectivity index (χ1) is 17.2. The highest BCUT2D eigenvalue weighted by Gasteiger charge is 2.12. The third-order valence-corrected chi connectivity index (χ3v) is 6.03. The molecule has 4 aromatic rings. The van der Waals surface area contributed by atoms with E-state index in [4.69, 9.17) is 26.1 Å². The summed E-state index contributed by atoms with van der Waals surface area (Å²) in [6.45, 7) is 4.28. The highest BCUT2D eigenvalue weighted by molar-refractivity contribution is 6.31. The van der Waals surface area contributed by atoms with Crippen LogP contribution in [0.4, 0.5) is 0 Å². The van der Waals surface area contributed by atoms with Crippen LogP contribution in [0.15, 0.2) is 72.8 Å². The summed E-state index contributed by atoms with van der Waals surface area (Å²) in [5.74, 6) is 2.43. The molecule has 1 amide bonds. The summed E-state index contributed by atoms with van der Waals surface area (Å²) in [6.07, 6.45) is 1.81. The number of nitrogens with zero attached hydrogens (tertiary/aromatic N) is 2. The van der Waals surface area contributed by atoms with E-state index in [0.717, 1.165) is 46.8 Å². The van der Waals surface area contributed by atoms with Crippen molar-refractivity contribution >= 4 is 28.5 Å². The van der Waals surface area contributed by atoms with Crippen LogP contribution in [0.1, 0.15) is 24.7 Å². The lowest BCUT2D eigenvalue weighted by molar-refractivity contribution is -0.120. The van der Waals surface area contributed by atoms with Crippen molar-refractivity contribution in [3.8, 4) is 11.5 Å². The third kappa shape index (κ3) is 6.55. The number of rotatable bonds is 12. The van der Waals surface area contributed by atoms with Crippen molar-refractivity contribution in [2.24, 2.45) is 0 Å². The SMILES string of the molecule is CCOc1ccccc1OCCn1c(CCCNC(=O)Cc2ccccc2Cl)nc2ccccc21. The number of amides is 1. The molecule has 4 rings (SSSR count). The standard InChI is InChI=1S/C28H30ClN3O3/c1-2-34-25-14-7-8-15-26(25)35-19-18-32-24-13-6-5-12-23(24)31-27(32)16-9-17-30-28(33)20-21-10-3-4-11-22(21)29/h3-8,10-15H,2,9,16-20H2,1H3,(H,30,33). The molecule has 0 unspecified atom stereocenters. The second-order valence-corrected chi connectivity index (χ2v) is 8.53. The highest BCUT2D eigenvalue weighted by Crippen LogP contribution is 2.26. The van der Waals surface area contributed by atoms with Gasteiger partial charge in [-0.05, 0) is 49.2 Å². The van der Waals surface area contributed by atoms with Gasteiger partial charge in [-0.1, -0.05) is 54.1 Å². The van der Waals surface area contributed by atoms with E-state index in [0.29, 0.717) is 31.3 Å². The van der Waals surface area contributed by atoms with Crippen LogP contribution in [0, 0.1) is 0 Å². The number of imidazole rings is 1. The highest BCUT2D eigenvalue weighted by atomic mass is 35.5. The number of carbonyl (C=O) groups excluding carboxylic acids is 1. The summed E-state index contributed by atoms with van der Waals surface area (Å²) in [5, 5.41) is 3.60. The lowest BCUT2D eigenvalue weighted by Gasteiger charge is -2.13. The van der Waals surface area contributed by atoms with Crippen molar-refractivity contribution in [2.75, 3.05) is 19.8 Å². The fourth-order valence-electron chi connectivity index (χ4n) is 4.01. The topological polar surface area (TPSA) is 65.4 Å². The van der Waals surface area contributed by atoms with E-state index in [2.05, 4.69) is 16.0 Å². The molecule has 0 aliphatic rings. The monoisotopic (exact) mass is 491 g/mol. The zero-order chi connectivity index (χ0) is 24.5. The average molecular weight is 492 g/mol. The van der Waals surface area contributed by atoms with E-state index in [1.807, 2.05) is 67.6 Å². The molecule has 1 heterocycles. The number of benzene rings is 3. The predicted molar refractivity (Wildman–Crippen MR) is 139 cm³/mol. The van der Waals surface area contributed by atoms with Gasteiger partial charge in [-0.3, -0.25) is 4.79 Å². The molecule has 0 aliphatic carbocycles. The van der Waals surface area contributed by atoms with Gasteiger partial charge in [0.1, 0.15) is 12.4 Å². The normalized spacial score (nSPS) is 10.9. The van der Waals surface area contributed by atoms with Crippen LogP contribution in [0.2, 0.25) is 5.02 Å². The number of ether oxygens (including phenoxy) is 2. The Morgan fingerprint density at radius 2 is 1.69 bits per heavy atom. The van der Waals surface area contributed by atoms with Crippen molar-refractivity contribution in [2.45, 2.75) is 32.7 Å². The van der Waals surface area contributed by atoms with Crippen molar-refractivity contribution in [3.63, 3.8) is 0 Å². The van der Waals surface area contributed by atoms with E-state index in [1.54, 1.807) is 6.07 Å². The molecule has 6 nitrogen and oxygen atoms in total. The van der Waals surface area contributed by atoms with E-state index in [-0.39, 0.29) is 12.3 Å². The van der Waals surface area contributed by atoms with Gasteiger partial charge < -0.3 is 19.4 Å². The summed E-state index contributed by atoms with van der Waals surface area (Å²) in [7, 11) is 0. The summed E-state index contributed by atoms with van der Waals surface area (Å²) in [6, 6.07) is 23.2. The minimum absolute atomic E-state index is 0.0343. The first kappa shape index (κ1) is 24.6. The van der Waals surface area contributed by atoms with E-state index in [9.17, 15) is 4.79 Å². The fourth-order valence-corrected chi connectivity index (χ4v) is 4.21. The van der Waals surface area contributed by atoms with Gasteiger partial charge in [-0.2, -0.15) is 0 Å². The molecule has 0 bridgehead atoms. The molecule has 0 aliphatic heterocycles. The summed E-state index contributed by atoms with van der Waals surface area (Å²) >= 11 is 6.16. The van der Waals surface area contributed by atoms with Crippen LogP contribution < -0.4 is 14.8 Å². The molecule has 0 fully saturated rings. The largest absolute Gasteiger partial charge is 0.490 e. The molecule has 35 heavy (non-hydrogen) atoms. The van der Waals surface area contributed by atoms with E-state index < -0.39 is 0 Å². The molecule has 3 aromatic carbocycles. The lowest BCUT2D eigenvalue weighted by atomic mass is 10.1. The Balaban J connectivity index is 1.34. The Labute approximate surface area is 210 Å². The number of para-hydroxylation sites is 4. The number of halogens is 1. The number of aromatic nitrogens is 2. The quantitative estimate of drug-likeness (QED) is 0.267. The number of nitrogens with one attached hydrogen (secondary N) is 1. The first-order valence-electron chi connectivity index (χ1n) is 11.9. The van der Waals surface area contributed by atoms with E-state index >= 15 is 0 Å². The fraction of sp³-hybridized carbons (Fsp3) is 0.286. The summed E-state index contributed by atoms with van der Waals surface area (Å²) in [4.78, 5) is 17.2. The van der Waals surface area contributed by atoms with Gasteiger partial charge in [0, 0.05) is 18.0 Å². The van der Waals surface area contributed by atoms with Gasteiger partial charge >= 0.3 is 0 Å². The number of hydrogen-bond donors (Lipinski definition) is 1. The molecule has 0 atom stereocenters. The van der Waals surface area contributed by atoms with Gasteiger partial charge in [0.15, 0.2) is 11.5 Å². The summed E-state index contributed by atoms with van der Waals surface area (Å²) < 4.78 is 13.9. The molecule has 0 saturated carbocycles. The molecule has 1 N–H and O–H groups in total. The summed E-state index contributed by atoms with van der Waals surface area (Å²) in [5.41, 5.74) is 2.87. The third-order valence-electron chi connectivity index (χ3n) is 5.66. The van der Waals surface area contributed by atoms with Crippen molar-refractivity contribution in [1.29, 1.82) is 0 Å². The van der Waals surface area contributed by atoms with Crippen LogP contribution in [0.3, 0.4) is 0 Å². The Morgan fingerprint density at radius 1 is 0.971 bits per heavy atom. The maximum absolute atomic E-state index is 12.3. The average Bonchev–Trinajstić information content (AvgIpc) is 3.22. The Morgan fingerprint density at radius 3 is 2.49 bits per heavy atom. The van der Waals surface area contributed by atoms with Gasteiger partial charge in [-0.15, -0.1) is 0 Å². The number of carbonyl (C=O) groups is 1. The van der Waals surface area contributed by atoms with Gasteiger partial charge in [0.05, 0.1) is 30.6 Å². The molecular formula is C28H30ClN3O3. The van der Waals surface area contributed by atoms with Gasteiger partial charge in [0.25, 0.3) is 0 Å². The second-order valence-electron chi connectivity index (χ2n) is 8.12. The maximum Gasteiger partial charge on any atom is 0.224 e. The van der Waals surface area contributed by atoms with Crippen LogP contribution in [-0.2, 0) is 24.2 Å². The van der Waals surface area contributed by atoms with Gasteiger partial charge in [-0.25, -0.2) is 4.98 Å². The zero-order valence-corrected chi connectivity index (χ0v) is 20.6. The van der Waals surface area contributed by atoms with Crippen molar-refractivity contribution < 1.29 is 14.3 Å². The molecule has 1 aromatic heterocycles. The number of hydrogen-bond acceptors (Lipinski definition) is 4. The Bertz CT molecular complexity index is 1270. The van der Waals surface area contributed by atoms with Gasteiger partial charge in [0.2, 0.25) is 5.91 Å². The molecule has 0 saturated heterocycles. The van der Waals surface area contributed by atoms with Crippen molar-refractivity contribution in [3.05, 3.63) is 89.2 Å². The first-order valence-corrected chi connectivity index (χ1v) is 12.3. The zero-order valence-electron chi connectivity index (χ0n) is 19.9. The van der Waals surface area contributed by atoms with Crippen LogP contribution in [-0.4, -0.2) is 35.2 Å². The maximum atomic E-state index is 12.3. The number of fused-ring (bicyclic) bond motifs is 1. The molecule has 0 radical (unpaired) electrons. The Hall–Kier alpha value is -3.51. The molecule has 0 spiro atoms. The lowest BCUT2D eigenvalue weighted by Crippen LogP contribution is -2.26. The van der Waals surface area contributed by atoms with Crippen LogP contribution in [0.25, 0.3) is 11.0 Å². The minimum Gasteiger partial charge on any atom is -0.490 e. The molecular weight excluding hydrogens is 462 g/mol. The molecule has 182 valence electrons. The molecule has 7 heteroatoms.